The summed E-state index contributed by atoms with van der Waals surface area (Å²) in [5.74, 6) is 0.448. The number of carbonyl (C=O) groups excluding carboxylic acids is 1. The zero-order chi connectivity index (χ0) is 18.7. The maximum atomic E-state index is 12.1. The Labute approximate surface area is 146 Å². The smallest absolute Gasteiger partial charge is 0.406 e. The minimum Gasteiger partial charge on any atom is -0.406 e. The van der Waals surface area contributed by atoms with Crippen LogP contribution in [0.2, 0.25) is 0 Å². The zero-order valence-corrected chi connectivity index (χ0v) is 13.4. The average molecular weight is 373 g/mol. The van der Waals surface area contributed by atoms with Crippen LogP contribution in [0.3, 0.4) is 0 Å². The molecule has 1 aliphatic carbocycles. The van der Waals surface area contributed by atoms with Gasteiger partial charge in [0.1, 0.15) is 11.6 Å². The van der Waals surface area contributed by atoms with E-state index in [2.05, 4.69) is 26.0 Å². The van der Waals surface area contributed by atoms with Crippen LogP contribution in [-0.2, 0) is 0 Å². The maximum absolute atomic E-state index is 12.1. The lowest BCUT2D eigenvalue weighted by molar-refractivity contribution is -0.274. The first-order valence-corrected chi connectivity index (χ1v) is 7.90. The molecule has 2 aliphatic rings. The van der Waals surface area contributed by atoms with Crippen LogP contribution in [0.4, 0.5) is 23.7 Å². The third-order valence-corrected chi connectivity index (χ3v) is 3.88. The molecule has 0 spiro atoms. The van der Waals surface area contributed by atoms with E-state index in [1.54, 1.807) is 6.08 Å². The number of benzene rings is 1. The van der Waals surface area contributed by atoms with Gasteiger partial charge in [0, 0.05) is 11.7 Å². The number of amides is 2. The van der Waals surface area contributed by atoms with Crippen LogP contribution in [0.1, 0.15) is 12.8 Å². The Morgan fingerprint density at radius 1 is 1.23 bits per heavy atom. The van der Waals surface area contributed by atoms with Gasteiger partial charge in [-0.3, -0.25) is 16.0 Å². The number of halogens is 3. The Morgan fingerprint density at radius 2 is 1.92 bits per heavy atom. The van der Waals surface area contributed by atoms with Gasteiger partial charge in [0.2, 0.25) is 0 Å². The highest BCUT2D eigenvalue weighted by atomic mass is 19.4. The lowest BCUT2D eigenvalue weighted by atomic mass is 10.1. The number of urea groups is 1. The van der Waals surface area contributed by atoms with Crippen LogP contribution in [0.25, 0.3) is 0 Å². The Bertz CT molecular complexity index is 676. The van der Waals surface area contributed by atoms with Crippen molar-refractivity contribution in [1.29, 1.82) is 0 Å². The van der Waals surface area contributed by atoms with E-state index in [4.69, 9.17) is 5.21 Å². The summed E-state index contributed by atoms with van der Waals surface area (Å²) in [5, 5.41) is 20.2. The minimum absolute atomic E-state index is 0.00926. The maximum Gasteiger partial charge on any atom is 0.573 e. The molecule has 1 heterocycles. The number of anilines is 1. The molecule has 0 radical (unpaired) electrons. The van der Waals surface area contributed by atoms with Crippen molar-refractivity contribution < 1.29 is 27.9 Å². The standard InChI is InChI=1S/C15H18F3N5O3/c16-15(17,18)26-10-5-3-9(4-6-10)19-14(24)22-13-20-11(8-1-2-8)7-12(21-13)23-25/h3-8,11,13,20-21,23,25H,1-2H2,(H2,19,22,24). The fraction of sp³-hybridized carbons (Fsp3) is 0.400. The number of carbonyl (C=O) groups is 1. The summed E-state index contributed by atoms with van der Waals surface area (Å²) in [5.41, 5.74) is 2.32. The molecular formula is C15H18F3N5O3. The molecule has 1 aromatic carbocycles. The molecule has 0 saturated heterocycles. The average Bonchev–Trinajstić information content (AvgIpc) is 3.40. The normalized spacial score (nSPS) is 22.7. The van der Waals surface area contributed by atoms with Crippen LogP contribution in [-0.4, -0.2) is 29.9 Å². The summed E-state index contributed by atoms with van der Waals surface area (Å²) in [7, 11) is 0. The highest BCUT2D eigenvalue weighted by Gasteiger charge is 2.34. The van der Waals surface area contributed by atoms with E-state index < -0.39 is 18.7 Å². The van der Waals surface area contributed by atoms with Crippen molar-refractivity contribution in [1.82, 2.24) is 21.4 Å². The van der Waals surface area contributed by atoms with Crippen LogP contribution in [0, 0.1) is 5.92 Å². The van der Waals surface area contributed by atoms with Crippen LogP contribution >= 0.6 is 0 Å². The number of ether oxygens (including phenoxy) is 1. The van der Waals surface area contributed by atoms with Gasteiger partial charge in [-0.25, -0.2) is 4.79 Å². The highest BCUT2D eigenvalue weighted by Crippen LogP contribution is 2.34. The van der Waals surface area contributed by atoms with Gasteiger partial charge in [-0.2, -0.15) is 0 Å². The van der Waals surface area contributed by atoms with Gasteiger partial charge in [0.25, 0.3) is 0 Å². The molecular weight excluding hydrogens is 355 g/mol. The quantitative estimate of drug-likeness (QED) is 0.440. The second-order valence-corrected chi connectivity index (χ2v) is 5.97. The number of hydrogen-bond donors (Lipinski definition) is 6. The number of alkyl halides is 3. The summed E-state index contributed by atoms with van der Waals surface area (Å²) in [4.78, 5) is 12.1. The second-order valence-electron chi connectivity index (χ2n) is 5.97. The molecule has 2 amide bonds. The van der Waals surface area contributed by atoms with E-state index in [0.717, 1.165) is 25.0 Å². The van der Waals surface area contributed by atoms with E-state index in [1.807, 2.05) is 5.48 Å². The fourth-order valence-corrected chi connectivity index (χ4v) is 2.58. The van der Waals surface area contributed by atoms with Crippen LogP contribution in [0.15, 0.2) is 36.2 Å². The van der Waals surface area contributed by atoms with Crippen molar-refractivity contribution in [2.75, 3.05) is 5.32 Å². The van der Waals surface area contributed by atoms with E-state index in [0.29, 0.717) is 17.4 Å². The van der Waals surface area contributed by atoms with E-state index >= 15 is 0 Å². The molecule has 0 bridgehead atoms. The third kappa shape index (κ3) is 5.17. The van der Waals surface area contributed by atoms with Crippen LogP contribution in [0.5, 0.6) is 5.75 Å². The number of hydroxylamine groups is 1. The van der Waals surface area contributed by atoms with Gasteiger partial charge in [0.05, 0.1) is 0 Å². The first-order valence-electron chi connectivity index (χ1n) is 7.90. The summed E-state index contributed by atoms with van der Waals surface area (Å²) in [6.07, 6.45) is -1.47. The molecule has 11 heteroatoms. The molecule has 8 nitrogen and oxygen atoms in total. The van der Waals surface area contributed by atoms with Gasteiger partial charge in [0.15, 0.2) is 6.29 Å². The molecule has 26 heavy (non-hydrogen) atoms. The molecule has 0 aromatic heterocycles. The third-order valence-electron chi connectivity index (χ3n) is 3.88. The van der Waals surface area contributed by atoms with Crippen molar-refractivity contribution in [3.05, 3.63) is 36.2 Å². The van der Waals surface area contributed by atoms with Crippen molar-refractivity contribution >= 4 is 11.7 Å². The molecule has 3 rings (SSSR count). The van der Waals surface area contributed by atoms with E-state index in [9.17, 15) is 18.0 Å². The van der Waals surface area contributed by atoms with E-state index in [-0.39, 0.29) is 11.8 Å². The molecule has 1 saturated carbocycles. The van der Waals surface area contributed by atoms with Crippen LogP contribution < -0.4 is 31.5 Å². The summed E-state index contributed by atoms with van der Waals surface area (Å²) in [6.45, 7) is 0. The van der Waals surface area contributed by atoms with Crippen molar-refractivity contribution in [3.63, 3.8) is 0 Å². The molecule has 142 valence electrons. The highest BCUT2D eigenvalue weighted by molar-refractivity contribution is 5.89. The lowest BCUT2D eigenvalue weighted by Crippen LogP contribution is -2.62. The molecule has 1 fully saturated rings. The molecule has 6 N–H and O–H groups in total. The minimum atomic E-state index is -4.77. The Morgan fingerprint density at radius 3 is 2.50 bits per heavy atom. The number of nitrogens with one attached hydrogen (secondary N) is 5. The van der Waals surface area contributed by atoms with Gasteiger partial charge < -0.3 is 20.7 Å². The van der Waals surface area contributed by atoms with Gasteiger partial charge >= 0.3 is 12.4 Å². The SMILES string of the molecule is O=C(Nc1ccc(OC(F)(F)F)cc1)NC1NC(NO)=CC(C2CC2)N1. The monoisotopic (exact) mass is 373 g/mol. The predicted octanol–water partition coefficient (Wildman–Crippen LogP) is 1.78. The van der Waals surface area contributed by atoms with Crippen molar-refractivity contribution in [2.45, 2.75) is 31.5 Å². The van der Waals surface area contributed by atoms with E-state index in [1.165, 1.54) is 12.1 Å². The largest absolute Gasteiger partial charge is 0.573 e. The predicted molar refractivity (Wildman–Crippen MR) is 84.9 cm³/mol. The lowest BCUT2D eigenvalue weighted by Gasteiger charge is -2.32. The zero-order valence-electron chi connectivity index (χ0n) is 13.4. The second kappa shape index (κ2) is 7.30. The summed E-state index contributed by atoms with van der Waals surface area (Å²) >= 11 is 0. The molecule has 1 aromatic rings. The summed E-state index contributed by atoms with van der Waals surface area (Å²) in [6, 6.07) is 4.20. The van der Waals surface area contributed by atoms with Crippen molar-refractivity contribution in [2.24, 2.45) is 5.92 Å². The van der Waals surface area contributed by atoms with Gasteiger partial charge in [-0.05, 0) is 49.1 Å². The Hall–Kier alpha value is -2.66. The first-order chi connectivity index (χ1) is 12.3. The van der Waals surface area contributed by atoms with Gasteiger partial charge in [-0.1, -0.05) is 0 Å². The topological polar surface area (TPSA) is 107 Å². The number of hydrogen-bond acceptors (Lipinski definition) is 6. The molecule has 2 unspecified atom stereocenters. The van der Waals surface area contributed by atoms with Crippen molar-refractivity contribution in [3.8, 4) is 5.75 Å². The summed E-state index contributed by atoms with van der Waals surface area (Å²) < 4.78 is 40.1. The Kier molecular flexibility index (Phi) is 5.09. The molecule has 1 aliphatic heterocycles. The number of rotatable bonds is 5. The first kappa shape index (κ1) is 18.1. The van der Waals surface area contributed by atoms with Gasteiger partial charge in [-0.15, -0.1) is 13.2 Å². The fourth-order valence-electron chi connectivity index (χ4n) is 2.58. The molecule has 2 atom stereocenters. The Balaban J connectivity index is 1.53.